The first kappa shape index (κ1) is 11.9. The van der Waals surface area contributed by atoms with Crippen LogP contribution in [0.1, 0.15) is 13.8 Å². The first-order valence-corrected chi connectivity index (χ1v) is 3.71. The third-order valence-electron chi connectivity index (χ3n) is 1.18. The lowest BCUT2D eigenvalue weighted by Crippen LogP contribution is -2.27. The lowest BCUT2D eigenvalue weighted by Gasteiger charge is -1.98. The SMILES string of the molecule is CC(=N\N=C(N)N)/C(C)=N/NC(=N)N. The third kappa shape index (κ3) is 5.52. The molecule has 0 aromatic rings. The van der Waals surface area contributed by atoms with Crippen LogP contribution < -0.4 is 22.6 Å². The average Bonchev–Trinajstić information content (AvgIpc) is 2.09. The van der Waals surface area contributed by atoms with E-state index in [2.05, 4.69) is 20.7 Å². The molecule has 0 aliphatic heterocycles. The molecule has 0 radical (unpaired) electrons. The molecule has 8 heteroatoms. The van der Waals surface area contributed by atoms with E-state index in [1.165, 1.54) is 0 Å². The molecule has 0 fully saturated rings. The maximum absolute atomic E-state index is 6.85. The van der Waals surface area contributed by atoms with Crippen LogP contribution in [0.25, 0.3) is 0 Å². The number of nitrogens with two attached hydrogens (primary N) is 3. The summed E-state index contributed by atoms with van der Waals surface area (Å²) in [5, 5.41) is 17.7. The number of hydrazone groups is 1. The highest BCUT2D eigenvalue weighted by atomic mass is 15.3. The van der Waals surface area contributed by atoms with Crippen molar-refractivity contribution >= 4 is 23.3 Å². The van der Waals surface area contributed by atoms with Gasteiger partial charge >= 0.3 is 0 Å². The van der Waals surface area contributed by atoms with Crippen LogP contribution in [-0.2, 0) is 0 Å². The van der Waals surface area contributed by atoms with Crippen LogP contribution in [0.3, 0.4) is 0 Å². The molecule has 0 bridgehead atoms. The molecule has 78 valence electrons. The van der Waals surface area contributed by atoms with E-state index in [1.54, 1.807) is 13.8 Å². The summed E-state index contributed by atoms with van der Waals surface area (Å²) in [4.78, 5) is 0. The molecule has 0 rings (SSSR count). The molecule has 0 aromatic carbocycles. The van der Waals surface area contributed by atoms with Crippen molar-refractivity contribution in [2.24, 2.45) is 32.5 Å². The van der Waals surface area contributed by atoms with Gasteiger partial charge in [-0.3, -0.25) is 5.41 Å². The van der Waals surface area contributed by atoms with Gasteiger partial charge in [0.05, 0.1) is 11.4 Å². The smallest absolute Gasteiger partial charge is 0.211 e. The molecule has 14 heavy (non-hydrogen) atoms. The molecule has 0 spiro atoms. The summed E-state index contributed by atoms with van der Waals surface area (Å²) < 4.78 is 0. The fraction of sp³-hybridized carbons (Fsp3) is 0.333. The zero-order valence-corrected chi connectivity index (χ0v) is 8.07. The minimum Gasteiger partial charge on any atom is -0.369 e. The number of hydrogen-bond acceptors (Lipinski definition) is 4. The highest BCUT2D eigenvalue weighted by molar-refractivity contribution is 6.40. The Morgan fingerprint density at radius 1 is 1.07 bits per heavy atom. The van der Waals surface area contributed by atoms with E-state index in [0.717, 1.165) is 0 Å². The van der Waals surface area contributed by atoms with Crippen LogP contribution in [0, 0.1) is 5.41 Å². The van der Waals surface area contributed by atoms with Crippen LogP contribution in [0.2, 0.25) is 0 Å². The predicted molar refractivity (Wildman–Crippen MR) is 57.1 cm³/mol. The zero-order chi connectivity index (χ0) is 11.1. The maximum atomic E-state index is 6.85. The van der Waals surface area contributed by atoms with Gasteiger partial charge in [-0.15, -0.1) is 5.10 Å². The normalized spacial score (nSPS) is 12.1. The van der Waals surface area contributed by atoms with Crippen molar-refractivity contribution in [2.75, 3.05) is 0 Å². The van der Waals surface area contributed by atoms with Gasteiger partial charge < -0.3 is 17.2 Å². The third-order valence-corrected chi connectivity index (χ3v) is 1.18. The van der Waals surface area contributed by atoms with Crippen molar-refractivity contribution in [2.45, 2.75) is 13.8 Å². The average molecular weight is 198 g/mol. The summed E-state index contributed by atoms with van der Waals surface area (Å²) in [6, 6.07) is 0. The van der Waals surface area contributed by atoms with Gasteiger partial charge in [-0.25, -0.2) is 5.43 Å². The fourth-order valence-electron chi connectivity index (χ4n) is 0.430. The van der Waals surface area contributed by atoms with E-state index < -0.39 is 0 Å². The van der Waals surface area contributed by atoms with Gasteiger partial charge in [-0.2, -0.15) is 10.2 Å². The Morgan fingerprint density at radius 2 is 1.64 bits per heavy atom. The largest absolute Gasteiger partial charge is 0.369 e. The van der Waals surface area contributed by atoms with Crippen molar-refractivity contribution in [3.63, 3.8) is 0 Å². The standard InChI is InChI=1S/C6H14N8/c1-3(11-13-5(7)8)4(2)12-14-6(9)10/h1-2H3,(H4,7,8,13)(H4,9,10,14)/b11-3+,12-4+. The molecule has 8 nitrogen and oxygen atoms in total. The Morgan fingerprint density at radius 3 is 2.07 bits per heavy atom. The van der Waals surface area contributed by atoms with E-state index in [0.29, 0.717) is 11.4 Å². The second-order valence-corrected chi connectivity index (χ2v) is 2.43. The van der Waals surface area contributed by atoms with E-state index in [4.69, 9.17) is 22.6 Å². The molecule has 0 aliphatic carbocycles. The number of hydrogen-bond donors (Lipinski definition) is 5. The lowest BCUT2D eigenvalue weighted by molar-refractivity contribution is 0.994. The van der Waals surface area contributed by atoms with Crippen molar-refractivity contribution in [1.82, 2.24) is 5.43 Å². The lowest BCUT2D eigenvalue weighted by atomic mass is 10.3. The molecule has 0 saturated heterocycles. The van der Waals surface area contributed by atoms with Crippen molar-refractivity contribution in [1.29, 1.82) is 5.41 Å². The second-order valence-electron chi connectivity index (χ2n) is 2.43. The zero-order valence-electron chi connectivity index (χ0n) is 8.07. The summed E-state index contributed by atoms with van der Waals surface area (Å²) in [6.45, 7) is 3.35. The van der Waals surface area contributed by atoms with Crippen molar-refractivity contribution < 1.29 is 0 Å². The second kappa shape index (κ2) is 5.51. The topological polar surface area (TPSA) is 151 Å². The molecule has 0 unspecified atom stereocenters. The molecule has 8 N–H and O–H groups in total. The summed E-state index contributed by atoms with van der Waals surface area (Å²) >= 11 is 0. The van der Waals surface area contributed by atoms with Gasteiger partial charge in [-0.1, -0.05) is 0 Å². The number of rotatable bonds is 3. The van der Waals surface area contributed by atoms with Crippen LogP contribution in [0.15, 0.2) is 15.3 Å². The van der Waals surface area contributed by atoms with Gasteiger partial charge in [0.2, 0.25) is 11.9 Å². The van der Waals surface area contributed by atoms with Gasteiger partial charge in [-0.05, 0) is 13.8 Å². The van der Waals surface area contributed by atoms with Crippen LogP contribution in [0.4, 0.5) is 0 Å². The summed E-state index contributed by atoms with van der Waals surface area (Å²) in [5.74, 6) is -0.379. The van der Waals surface area contributed by atoms with E-state index in [-0.39, 0.29) is 11.9 Å². The monoisotopic (exact) mass is 198 g/mol. The molecule has 0 aromatic heterocycles. The van der Waals surface area contributed by atoms with Gasteiger partial charge in [0, 0.05) is 0 Å². The summed E-state index contributed by atoms with van der Waals surface area (Å²) in [7, 11) is 0. The van der Waals surface area contributed by atoms with Gasteiger partial charge in [0.1, 0.15) is 0 Å². The minimum absolute atomic E-state index is 0.128. The highest BCUT2D eigenvalue weighted by Crippen LogP contribution is 1.84. The van der Waals surface area contributed by atoms with Crippen LogP contribution in [0.5, 0.6) is 0 Å². The number of nitrogens with zero attached hydrogens (tertiary/aromatic N) is 3. The maximum Gasteiger partial charge on any atom is 0.211 e. The Hall–Kier alpha value is -2.12. The van der Waals surface area contributed by atoms with Crippen LogP contribution >= 0.6 is 0 Å². The Kier molecular flexibility index (Phi) is 4.68. The highest BCUT2D eigenvalue weighted by Gasteiger charge is 1.96. The van der Waals surface area contributed by atoms with Gasteiger partial charge in [0.15, 0.2) is 0 Å². The van der Waals surface area contributed by atoms with Crippen molar-refractivity contribution in [3.8, 4) is 0 Å². The molecule has 0 amide bonds. The van der Waals surface area contributed by atoms with E-state index in [9.17, 15) is 0 Å². The Bertz CT molecular complexity index is 295. The first-order valence-electron chi connectivity index (χ1n) is 3.71. The minimum atomic E-state index is -0.251. The molecule has 0 atom stereocenters. The quantitative estimate of drug-likeness (QED) is 0.213. The fourth-order valence-corrected chi connectivity index (χ4v) is 0.430. The molecule has 0 aliphatic rings. The van der Waals surface area contributed by atoms with Crippen LogP contribution in [-0.4, -0.2) is 23.3 Å². The van der Waals surface area contributed by atoms with Gasteiger partial charge in [0.25, 0.3) is 0 Å². The number of nitrogens with one attached hydrogen (secondary N) is 2. The first-order chi connectivity index (χ1) is 6.43. The molecule has 0 heterocycles. The predicted octanol–water partition coefficient (Wildman–Crippen LogP) is -1.51. The Labute approximate surface area is 81.4 Å². The molecule has 0 saturated carbocycles. The molecular weight excluding hydrogens is 184 g/mol. The van der Waals surface area contributed by atoms with E-state index >= 15 is 0 Å². The summed E-state index contributed by atoms with van der Waals surface area (Å²) in [5.41, 5.74) is 18.5. The van der Waals surface area contributed by atoms with Crippen molar-refractivity contribution in [3.05, 3.63) is 0 Å². The Balaban J connectivity index is 4.45. The molecular formula is C6H14N8. The van der Waals surface area contributed by atoms with E-state index in [1.807, 2.05) is 0 Å². The summed E-state index contributed by atoms with van der Waals surface area (Å²) in [6.07, 6.45) is 0. The number of guanidine groups is 2.